The van der Waals surface area contributed by atoms with Crippen LogP contribution >= 0.6 is 0 Å². The van der Waals surface area contributed by atoms with Crippen LogP contribution in [0.2, 0.25) is 0 Å². The minimum absolute atomic E-state index is 0.104. The van der Waals surface area contributed by atoms with Crippen molar-refractivity contribution in [1.82, 2.24) is 5.32 Å². The fraction of sp³-hybridized carbons (Fsp3) is 0.250. The quantitative estimate of drug-likeness (QED) is 0.877. The molecule has 0 fully saturated rings. The number of nitriles is 1. The van der Waals surface area contributed by atoms with Crippen molar-refractivity contribution in [3.05, 3.63) is 59.5 Å². The first kappa shape index (κ1) is 14.8. The summed E-state index contributed by atoms with van der Waals surface area (Å²) in [4.78, 5) is 12.0. The highest BCUT2D eigenvalue weighted by Gasteiger charge is 2.23. The number of benzene rings is 1. The summed E-state index contributed by atoms with van der Waals surface area (Å²) in [6, 6.07) is 11.8. The van der Waals surface area contributed by atoms with Crippen molar-refractivity contribution >= 4 is 5.91 Å². The van der Waals surface area contributed by atoms with Gasteiger partial charge in [0, 0.05) is 18.5 Å². The molecule has 0 aliphatic heterocycles. The van der Waals surface area contributed by atoms with E-state index < -0.39 is 5.60 Å². The number of hydrogen-bond acceptors (Lipinski definition) is 4. The predicted octanol–water partition coefficient (Wildman–Crippen LogP) is 1.87. The Bertz CT molecular complexity index is 637. The molecule has 5 nitrogen and oxygen atoms in total. The van der Waals surface area contributed by atoms with Gasteiger partial charge in [-0.3, -0.25) is 4.79 Å². The summed E-state index contributed by atoms with van der Waals surface area (Å²) in [7, 11) is 0. The average molecular weight is 284 g/mol. The largest absolute Gasteiger partial charge is 0.469 e. The second kappa shape index (κ2) is 6.25. The van der Waals surface area contributed by atoms with Gasteiger partial charge in [0.2, 0.25) is 0 Å². The molecule has 108 valence electrons. The normalized spacial score (nSPS) is 13.2. The summed E-state index contributed by atoms with van der Waals surface area (Å²) in [5.74, 6) is 0.367. The van der Waals surface area contributed by atoms with E-state index in [-0.39, 0.29) is 12.5 Å². The molecule has 0 unspecified atom stereocenters. The van der Waals surface area contributed by atoms with Crippen molar-refractivity contribution in [2.45, 2.75) is 18.9 Å². The molecule has 0 spiro atoms. The summed E-state index contributed by atoms with van der Waals surface area (Å²) in [5, 5.41) is 21.6. The molecule has 1 amide bonds. The van der Waals surface area contributed by atoms with Gasteiger partial charge in [0.25, 0.3) is 5.91 Å². The van der Waals surface area contributed by atoms with Gasteiger partial charge in [-0.2, -0.15) is 5.26 Å². The van der Waals surface area contributed by atoms with Crippen LogP contribution in [0.5, 0.6) is 0 Å². The second-order valence-corrected chi connectivity index (χ2v) is 5.12. The lowest BCUT2D eigenvalue weighted by Crippen LogP contribution is -2.42. The summed E-state index contributed by atoms with van der Waals surface area (Å²) in [5.41, 5.74) is -0.153. The van der Waals surface area contributed by atoms with Crippen LogP contribution in [0.3, 0.4) is 0 Å². The zero-order valence-electron chi connectivity index (χ0n) is 11.7. The molecule has 2 aromatic rings. The molecule has 1 aromatic carbocycles. The minimum atomic E-state index is -1.10. The number of nitrogens with zero attached hydrogens (tertiary/aromatic N) is 1. The lowest BCUT2D eigenvalue weighted by molar-refractivity contribution is 0.0510. The maximum absolute atomic E-state index is 12.0. The molecule has 5 heteroatoms. The van der Waals surface area contributed by atoms with Crippen molar-refractivity contribution in [1.29, 1.82) is 5.26 Å². The number of nitrogens with one attached hydrogen (secondary N) is 1. The maximum Gasteiger partial charge on any atom is 0.251 e. The lowest BCUT2D eigenvalue weighted by atomic mass is 10.0. The minimum Gasteiger partial charge on any atom is -0.469 e. The molecule has 0 bridgehead atoms. The lowest BCUT2D eigenvalue weighted by Gasteiger charge is -2.22. The van der Waals surface area contributed by atoms with Crippen LogP contribution in [-0.2, 0) is 6.42 Å². The Kier molecular flexibility index (Phi) is 4.41. The standard InChI is InChI=1S/C16H16N2O3/c1-16(20,9-14-3-2-8-21-14)11-18-15(19)13-6-4-12(10-17)5-7-13/h2-8,20H,9,11H2,1H3,(H,18,19)/t16-/m0/s1. The Morgan fingerprint density at radius 1 is 1.38 bits per heavy atom. The van der Waals surface area contributed by atoms with Crippen LogP contribution < -0.4 is 5.32 Å². The third kappa shape index (κ3) is 4.20. The number of aliphatic hydroxyl groups is 1. The molecule has 2 N–H and O–H groups in total. The van der Waals surface area contributed by atoms with Gasteiger partial charge in [-0.15, -0.1) is 0 Å². The fourth-order valence-corrected chi connectivity index (χ4v) is 1.92. The van der Waals surface area contributed by atoms with Gasteiger partial charge in [0.1, 0.15) is 5.76 Å². The van der Waals surface area contributed by atoms with E-state index >= 15 is 0 Å². The molecular weight excluding hydrogens is 268 g/mol. The van der Waals surface area contributed by atoms with Gasteiger partial charge in [-0.05, 0) is 43.3 Å². The predicted molar refractivity (Wildman–Crippen MR) is 76.5 cm³/mol. The van der Waals surface area contributed by atoms with E-state index in [2.05, 4.69) is 5.32 Å². The van der Waals surface area contributed by atoms with Crippen LogP contribution in [-0.4, -0.2) is 23.2 Å². The van der Waals surface area contributed by atoms with E-state index in [9.17, 15) is 9.90 Å². The molecule has 0 aliphatic carbocycles. The van der Waals surface area contributed by atoms with E-state index in [0.29, 0.717) is 23.3 Å². The maximum atomic E-state index is 12.0. The molecular formula is C16H16N2O3. The van der Waals surface area contributed by atoms with E-state index in [1.807, 2.05) is 6.07 Å². The summed E-state index contributed by atoms with van der Waals surface area (Å²) < 4.78 is 5.18. The number of furan rings is 1. The Morgan fingerprint density at radius 3 is 2.67 bits per heavy atom. The van der Waals surface area contributed by atoms with Crippen molar-refractivity contribution in [3.63, 3.8) is 0 Å². The highest BCUT2D eigenvalue weighted by molar-refractivity contribution is 5.94. The number of carbonyl (C=O) groups is 1. The van der Waals surface area contributed by atoms with Gasteiger partial charge in [0.15, 0.2) is 0 Å². The van der Waals surface area contributed by atoms with Crippen molar-refractivity contribution in [2.75, 3.05) is 6.54 Å². The van der Waals surface area contributed by atoms with E-state index in [1.54, 1.807) is 49.6 Å². The molecule has 0 aliphatic rings. The third-order valence-corrected chi connectivity index (χ3v) is 3.04. The zero-order valence-corrected chi connectivity index (χ0v) is 11.7. The first-order valence-electron chi connectivity index (χ1n) is 6.53. The Balaban J connectivity index is 1.92. The third-order valence-electron chi connectivity index (χ3n) is 3.04. The number of rotatable bonds is 5. The molecule has 21 heavy (non-hydrogen) atoms. The van der Waals surface area contributed by atoms with Crippen LogP contribution in [0, 0.1) is 11.3 Å². The van der Waals surface area contributed by atoms with Gasteiger partial charge in [0.05, 0.1) is 23.5 Å². The summed E-state index contributed by atoms with van der Waals surface area (Å²) in [6.07, 6.45) is 1.86. The van der Waals surface area contributed by atoms with Crippen LogP contribution in [0.4, 0.5) is 0 Å². The van der Waals surface area contributed by atoms with Gasteiger partial charge >= 0.3 is 0 Å². The van der Waals surface area contributed by atoms with Gasteiger partial charge < -0.3 is 14.8 Å². The Morgan fingerprint density at radius 2 is 2.10 bits per heavy atom. The van der Waals surface area contributed by atoms with Crippen molar-refractivity contribution in [2.24, 2.45) is 0 Å². The smallest absolute Gasteiger partial charge is 0.251 e. The van der Waals surface area contributed by atoms with Crippen molar-refractivity contribution < 1.29 is 14.3 Å². The number of amides is 1. The first-order valence-corrected chi connectivity index (χ1v) is 6.53. The topological polar surface area (TPSA) is 86.3 Å². The monoisotopic (exact) mass is 284 g/mol. The molecule has 1 atom stereocenters. The zero-order chi connectivity index (χ0) is 15.3. The van der Waals surface area contributed by atoms with E-state index in [4.69, 9.17) is 9.68 Å². The fourth-order valence-electron chi connectivity index (χ4n) is 1.92. The highest BCUT2D eigenvalue weighted by atomic mass is 16.3. The Labute approximate surface area is 122 Å². The van der Waals surface area contributed by atoms with Crippen LogP contribution in [0.15, 0.2) is 47.1 Å². The van der Waals surface area contributed by atoms with Crippen molar-refractivity contribution in [3.8, 4) is 6.07 Å². The molecule has 0 saturated heterocycles. The highest BCUT2D eigenvalue weighted by Crippen LogP contribution is 2.13. The molecule has 1 heterocycles. The molecule has 1 aromatic heterocycles. The SMILES string of the molecule is C[C@@](O)(CNC(=O)c1ccc(C#N)cc1)Cc1ccco1. The van der Waals surface area contributed by atoms with Crippen LogP contribution in [0.25, 0.3) is 0 Å². The second-order valence-electron chi connectivity index (χ2n) is 5.12. The number of hydrogen-bond donors (Lipinski definition) is 2. The molecule has 0 radical (unpaired) electrons. The molecule has 0 saturated carbocycles. The average Bonchev–Trinajstić information content (AvgIpc) is 2.97. The molecule has 2 rings (SSSR count). The first-order chi connectivity index (χ1) is 10.00. The summed E-state index contributed by atoms with van der Waals surface area (Å²) in [6.45, 7) is 1.74. The summed E-state index contributed by atoms with van der Waals surface area (Å²) >= 11 is 0. The van der Waals surface area contributed by atoms with Crippen LogP contribution in [0.1, 0.15) is 28.6 Å². The van der Waals surface area contributed by atoms with E-state index in [1.165, 1.54) is 0 Å². The van der Waals surface area contributed by atoms with E-state index in [0.717, 1.165) is 0 Å². The Hall–Kier alpha value is -2.58. The number of carbonyl (C=O) groups excluding carboxylic acids is 1. The van der Waals surface area contributed by atoms with Gasteiger partial charge in [-0.1, -0.05) is 0 Å². The van der Waals surface area contributed by atoms with Gasteiger partial charge in [-0.25, -0.2) is 0 Å².